The lowest BCUT2D eigenvalue weighted by molar-refractivity contribution is -0.117. The molecule has 28 heavy (non-hydrogen) atoms. The van der Waals surface area contributed by atoms with Crippen LogP contribution in [-0.4, -0.2) is 34.1 Å². The number of rotatable bonds is 5. The minimum atomic E-state index is -2.51. The van der Waals surface area contributed by atoms with Gasteiger partial charge in [-0.25, -0.2) is 13.6 Å². The van der Waals surface area contributed by atoms with Gasteiger partial charge in [0, 0.05) is 37.4 Å². The Bertz CT molecular complexity index is 1110. The van der Waals surface area contributed by atoms with Gasteiger partial charge < -0.3 is 10.6 Å². The molecule has 1 aliphatic heterocycles. The molecular formula is C20H23N5O2S. The van der Waals surface area contributed by atoms with Crippen LogP contribution in [-0.2, 0) is 20.9 Å². The molecular weight excluding hydrogens is 374 g/mol. The summed E-state index contributed by atoms with van der Waals surface area (Å²) in [6.45, 7) is 1.96. The van der Waals surface area contributed by atoms with Crippen LogP contribution in [0, 0.1) is 5.92 Å². The zero-order valence-corrected chi connectivity index (χ0v) is 17.0. The van der Waals surface area contributed by atoms with E-state index in [4.69, 9.17) is 0 Å². The van der Waals surface area contributed by atoms with Crippen LogP contribution in [0.25, 0.3) is 0 Å². The van der Waals surface area contributed by atoms with Gasteiger partial charge in [0.05, 0.1) is 31.7 Å². The second kappa shape index (κ2) is 7.01. The number of fused-ring (bicyclic) bond motifs is 1. The molecule has 2 N–H and O–H groups in total. The molecule has 4 rings (SSSR count). The summed E-state index contributed by atoms with van der Waals surface area (Å²) in [7, 11) is -0.957. The van der Waals surface area contributed by atoms with Crippen molar-refractivity contribution in [2.75, 3.05) is 23.9 Å². The van der Waals surface area contributed by atoms with Crippen LogP contribution in [0.1, 0.15) is 25.5 Å². The van der Waals surface area contributed by atoms with Gasteiger partial charge in [0.15, 0.2) is 0 Å². The van der Waals surface area contributed by atoms with Crippen LogP contribution in [0.4, 0.5) is 22.9 Å². The number of nitrogens with one attached hydrogen (secondary N) is 2. The van der Waals surface area contributed by atoms with Crippen molar-refractivity contribution >= 4 is 44.2 Å². The minimum absolute atomic E-state index is 0.01000. The third-order valence-corrected chi connectivity index (χ3v) is 6.77. The molecule has 0 unspecified atom stereocenters. The fourth-order valence-electron chi connectivity index (χ4n) is 3.19. The fourth-order valence-corrected chi connectivity index (χ4v) is 4.24. The van der Waals surface area contributed by atoms with Crippen LogP contribution in [0.2, 0.25) is 0 Å². The van der Waals surface area contributed by atoms with E-state index >= 15 is 0 Å². The van der Waals surface area contributed by atoms with Gasteiger partial charge in [-0.05, 0) is 31.9 Å². The molecule has 0 saturated heterocycles. The van der Waals surface area contributed by atoms with E-state index in [1.807, 2.05) is 31.2 Å². The lowest BCUT2D eigenvalue weighted by Crippen LogP contribution is -2.15. The number of hydrogen-bond donors (Lipinski definition) is 2. The van der Waals surface area contributed by atoms with E-state index in [-0.39, 0.29) is 11.8 Å². The van der Waals surface area contributed by atoms with Gasteiger partial charge in [0.25, 0.3) is 0 Å². The van der Waals surface area contributed by atoms with Crippen molar-refractivity contribution in [3.63, 3.8) is 0 Å². The molecule has 146 valence electrons. The van der Waals surface area contributed by atoms with Crippen molar-refractivity contribution < 1.29 is 9.00 Å². The molecule has 1 amide bonds. The first-order valence-electron chi connectivity index (χ1n) is 9.22. The summed E-state index contributed by atoms with van der Waals surface area (Å²) < 4.78 is 16.9. The summed E-state index contributed by atoms with van der Waals surface area (Å²) in [5.41, 5.74) is 3.98. The maximum Gasteiger partial charge on any atom is 0.228 e. The second-order valence-electron chi connectivity index (χ2n) is 7.24. The first kappa shape index (κ1) is 18.6. The predicted molar refractivity (Wildman–Crippen MR) is 112 cm³/mol. The Kier molecular flexibility index (Phi) is 4.66. The zero-order chi connectivity index (χ0) is 19.9. The van der Waals surface area contributed by atoms with Crippen molar-refractivity contribution in [2.45, 2.75) is 31.1 Å². The van der Waals surface area contributed by atoms with E-state index in [1.165, 1.54) is 0 Å². The molecule has 1 saturated carbocycles. The van der Waals surface area contributed by atoms with Crippen LogP contribution >= 0.6 is 0 Å². The molecule has 0 bridgehead atoms. The maximum absolute atomic E-state index is 12.8. The highest BCUT2D eigenvalue weighted by Crippen LogP contribution is 2.39. The van der Waals surface area contributed by atoms with Crippen LogP contribution < -0.4 is 10.6 Å². The average Bonchev–Trinajstić information content (AvgIpc) is 3.44. The highest BCUT2D eigenvalue weighted by Gasteiger charge is 2.30. The Balaban J connectivity index is 1.74. The van der Waals surface area contributed by atoms with Crippen molar-refractivity contribution in [1.82, 2.24) is 4.98 Å². The lowest BCUT2D eigenvalue weighted by Gasteiger charge is -2.16. The van der Waals surface area contributed by atoms with Crippen molar-refractivity contribution in [1.29, 1.82) is 0 Å². The molecule has 8 heteroatoms. The van der Waals surface area contributed by atoms with E-state index in [2.05, 4.69) is 25.0 Å². The maximum atomic E-state index is 12.8. The summed E-state index contributed by atoms with van der Waals surface area (Å²) in [6.07, 6.45) is 4.13. The number of pyridine rings is 1. The van der Waals surface area contributed by atoms with E-state index in [1.54, 1.807) is 19.4 Å². The Hall–Kier alpha value is -2.74. The number of carbonyl (C=O) groups excluding carboxylic acids is 1. The fraction of sp³-hybridized carbons (Fsp3) is 0.350. The van der Waals surface area contributed by atoms with E-state index in [9.17, 15) is 9.00 Å². The van der Waals surface area contributed by atoms with Crippen molar-refractivity contribution in [3.05, 3.63) is 36.0 Å². The smallest absolute Gasteiger partial charge is 0.228 e. The van der Waals surface area contributed by atoms with Crippen LogP contribution in [0.3, 0.4) is 0 Å². The van der Waals surface area contributed by atoms with E-state index in [0.29, 0.717) is 22.8 Å². The molecule has 0 radical (unpaired) electrons. The van der Waals surface area contributed by atoms with Gasteiger partial charge in [-0.2, -0.15) is 0 Å². The molecule has 1 fully saturated rings. The number of para-hydroxylation sites is 1. The normalized spacial score (nSPS) is 17.3. The van der Waals surface area contributed by atoms with E-state index in [0.717, 1.165) is 35.6 Å². The van der Waals surface area contributed by atoms with Gasteiger partial charge >= 0.3 is 0 Å². The topological polar surface area (TPSA) is 95.8 Å². The number of hydrogen-bond acceptors (Lipinski definition) is 6. The summed E-state index contributed by atoms with van der Waals surface area (Å²) in [6, 6.07) is 9.19. The number of aliphatic imine (C=N–C) groups is 1. The Morgan fingerprint density at radius 3 is 2.71 bits per heavy atom. The average molecular weight is 398 g/mol. The van der Waals surface area contributed by atoms with Gasteiger partial charge in [-0.1, -0.05) is 12.1 Å². The monoisotopic (exact) mass is 397 g/mol. The highest BCUT2D eigenvalue weighted by atomic mass is 32.2. The molecule has 2 aliphatic rings. The van der Waals surface area contributed by atoms with E-state index < -0.39 is 9.73 Å². The van der Waals surface area contributed by atoms with Gasteiger partial charge in [0.2, 0.25) is 5.91 Å². The highest BCUT2D eigenvalue weighted by molar-refractivity contribution is 7.93. The first-order chi connectivity index (χ1) is 13.4. The third kappa shape index (κ3) is 3.64. The summed E-state index contributed by atoms with van der Waals surface area (Å²) in [5.74, 6) is 0.620. The molecule has 2 aromatic rings. The van der Waals surface area contributed by atoms with Gasteiger partial charge in [0.1, 0.15) is 11.5 Å². The Morgan fingerprint density at radius 2 is 2.00 bits per heavy atom. The van der Waals surface area contributed by atoms with Crippen molar-refractivity contribution in [3.8, 4) is 0 Å². The number of nitrogens with zero attached hydrogens (tertiary/aromatic N) is 3. The Morgan fingerprint density at radius 1 is 1.25 bits per heavy atom. The minimum Gasteiger partial charge on any atom is -0.353 e. The predicted octanol–water partition coefficient (Wildman–Crippen LogP) is 3.91. The van der Waals surface area contributed by atoms with Crippen molar-refractivity contribution in [2.24, 2.45) is 15.3 Å². The van der Waals surface area contributed by atoms with Crippen LogP contribution in [0.15, 0.2) is 44.6 Å². The number of benzene rings is 1. The zero-order valence-electron chi connectivity index (χ0n) is 16.2. The molecule has 1 aromatic carbocycles. The number of anilines is 3. The first-order valence-corrected chi connectivity index (χ1v) is 11.1. The molecule has 1 atom stereocenters. The second-order valence-corrected chi connectivity index (χ2v) is 9.65. The summed E-state index contributed by atoms with van der Waals surface area (Å²) in [5, 5.41) is 6.27. The largest absolute Gasteiger partial charge is 0.353 e. The van der Waals surface area contributed by atoms with Gasteiger partial charge in [-0.15, -0.1) is 0 Å². The third-order valence-electron chi connectivity index (χ3n) is 4.90. The number of aromatic nitrogens is 1. The lowest BCUT2D eigenvalue weighted by atomic mass is 10.2. The molecule has 2 heterocycles. The standard InChI is InChI=1S/C20H23N5O2S/c1-12-10-15-19(22-12)16(11-18(24-15)25-20(26)13-8-9-13)23-14-6-4-5-7-17(14)28(3,27)21-2/h4-7,11,13H,8-10H2,1-3H3,(H2,23,24,25,26)/t28-/m1/s1. The molecule has 1 aromatic heterocycles. The quantitative estimate of drug-likeness (QED) is 0.799. The summed E-state index contributed by atoms with van der Waals surface area (Å²) >= 11 is 0. The SMILES string of the molecule is CN=[S@](C)(=O)c1ccccc1Nc1cc(NC(=O)C2CC2)nc2c1N=C(C)C2. The molecule has 1 aliphatic carbocycles. The number of carbonyl (C=O) groups is 1. The van der Waals surface area contributed by atoms with Gasteiger partial charge in [-0.3, -0.25) is 9.79 Å². The molecule has 0 spiro atoms. The van der Waals surface area contributed by atoms with Crippen LogP contribution in [0.5, 0.6) is 0 Å². The molecule has 7 nitrogen and oxygen atoms in total. The Labute approximate surface area is 164 Å². The number of amides is 1. The summed E-state index contributed by atoms with van der Waals surface area (Å²) in [4.78, 5) is 22.0.